The van der Waals surface area contributed by atoms with E-state index in [0.717, 1.165) is 0 Å². The van der Waals surface area contributed by atoms with E-state index in [9.17, 15) is 9.59 Å². The van der Waals surface area contributed by atoms with Gasteiger partial charge < -0.3 is 10.4 Å². The molecule has 98 valence electrons. The number of rotatable bonds is 5. The number of carbonyl (C=O) groups excluding carboxylic acids is 1. The fourth-order valence-corrected chi connectivity index (χ4v) is 1.36. The number of allylic oxidation sites excluding steroid dienone is 1. The Kier molecular flexibility index (Phi) is 5.39. The van der Waals surface area contributed by atoms with E-state index in [4.69, 9.17) is 5.11 Å². The van der Waals surface area contributed by atoms with Crippen LogP contribution in [0.3, 0.4) is 0 Å². The van der Waals surface area contributed by atoms with Gasteiger partial charge in [0.25, 0.3) is 0 Å². The molecule has 4 nitrogen and oxygen atoms in total. The second-order valence-electron chi connectivity index (χ2n) is 5.58. The van der Waals surface area contributed by atoms with E-state index in [0.29, 0.717) is 12.8 Å². The summed E-state index contributed by atoms with van der Waals surface area (Å²) in [6, 6.07) is 0. The van der Waals surface area contributed by atoms with Crippen LogP contribution >= 0.6 is 0 Å². The van der Waals surface area contributed by atoms with Crippen molar-refractivity contribution in [3.63, 3.8) is 0 Å². The van der Waals surface area contributed by atoms with Crippen molar-refractivity contribution < 1.29 is 14.7 Å². The second kappa shape index (κ2) is 5.84. The molecule has 1 unspecified atom stereocenters. The van der Waals surface area contributed by atoms with Gasteiger partial charge in [-0.3, -0.25) is 4.79 Å². The van der Waals surface area contributed by atoms with Crippen LogP contribution in [0.25, 0.3) is 0 Å². The van der Waals surface area contributed by atoms with Crippen LogP contribution in [-0.4, -0.2) is 22.5 Å². The summed E-state index contributed by atoms with van der Waals surface area (Å²) in [7, 11) is 0. The van der Waals surface area contributed by atoms with Gasteiger partial charge in [0.05, 0.1) is 0 Å². The predicted octanol–water partition coefficient (Wildman–Crippen LogP) is 2.35. The molecule has 0 aliphatic carbocycles. The summed E-state index contributed by atoms with van der Waals surface area (Å²) in [5.74, 6) is -1.37. The smallest absolute Gasteiger partial charge is 0.329 e. The summed E-state index contributed by atoms with van der Waals surface area (Å²) >= 11 is 0. The van der Waals surface area contributed by atoms with Gasteiger partial charge in [-0.05, 0) is 24.8 Å². The fraction of sp³-hybridized carbons (Fsp3) is 0.692. The SMILES string of the molecule is CCCC(C)(NC(=O)/C=C/C(C)(C)C)C(=O)O. The first kappa shape index (κ1) is 15.7. The lowest BCUT2D eigenvalue weighted by atomic mass is 9.95. The van der Waals surface area contributed by atoms with Gasteiger partial charge in [-0.15, -0.1) is 0 Å². The van der Waals surface area contributed by atoms with Crippen molar-refractivity contribution in [1.82, 2.24) is 5.32 Å². The normalized spacial score (nSPS) is 15.6. The van der Waals surface area contributed by atoms with E-state index in [-0.39, 0.29) is 11.3 Å². The maximum Gasteiger partial charge on any atom is 0.329 e. The molecule has 0 rings (SSSR count). The molecule has 0 radical (unpaired) electrons. The maximum atomic E-state index is 11.6. The number of aliphatic carboxylic acids is 1. The van der Waals surface area contributed by atoms with Crippen molar-refractivity contribution in [2.24, 2.45) is 5.41 Å². The minimum atomic E-state index is -1.19. The summed E-state index contributed by atoms with van der Waals surface area (Å²) < 4.78 is 0. The first-order chi connectivity index (χ1) is 7.60. The van der Waals surface area contributed by atoms with Gasteiger partial charge in [-0.2, -0.15) is 0 Å². The minimum absolute atomic E-state index is 0.0955. The highest BCUT2D eigenvalue weighted by Crippen LogP contribution is 2.15. The Bertz CT molecular complexity index is 315. The van der Waals surface area contributed by atoms with Crippen LogP contribution in [0.2, 0.25) is 0 Å². The maximum absolute atomic E-state index is 11.6. The summed E-state index contributed by atoms with van der Waals surface area (Å²) in [5, 5.41) is 11.6. The molecular weight excluding hydrogens is 218 g/mol. The molecule has 0 aromatic rings. The van der Waals surface area contributed by atoms with Crippen LogP contribution < -0.4 is 5.32 Å². The van der Waals surface area contributed by atoms with Crippen molar-refractivity contribution in [1.29, 1.82) is 0 Å². The lowest BCUT2D eigenvalue weighted by molar-refractivity contribution is -0.146. The Morgan fingerprint density at radius 1 is 1.24 bits per heavy atom. The van der Waals surface area contributed by atoms with Crippen LogP contribution in [0.1, 0.15) is 47.5 Å². The third-order valence-electron chi connectivity index (χ3n) is 2.36. The van der Waals surface area contributed by atoms with E-state index in [1.165, 1.54) is 13.0 Å². The average Bonchev–Trinajstić information content (AvgIpc) is 2.13. The first-order valence-electron chi connectivity index (χ1n) is 5.85. The van der Waals surface area contributed by atoms with Gasteiger partial charge in [0, 0.05) is 0 Å². The number of carboxylic acid groups (broad SMARTS) is 1. The topological polar surface area (TPSA) is 66.4 Å². The Balaban J connectivity index is 4.64. The number of hydrogen-bond donors (Lipinski definition) is 2. The molecule has 1 atom stereocenters. The minimum Gasteiger partial charge on any atom is -0.480 e. The Morgan fingerprint density at radius 3 is 2.12 bits per heavy atom. The average molecular weight is 241 g/mol. The molecule has 0 saturated heterocycles. The molecule has 0 aliphatic heterocycles. The van der Waals surface area contributed by atoms with Crippen molar-refractivity contribution in [2.75, 3.05) is 0 Å². The molecule has 0 bridgehead atoms. The van der Waals surface area contributed by atoms with Gasteiger partial charge >= 0.3 is 5.97 Å². The first-order valence-corrected chi connectivity index (χ1v) is 5.85. The molecule has 1 amide bonds. The van der Waals surface area contributed by atoms with E-state index in [2.05, 4.69) is 5.32 Å². The number of amides is 1. The summed E-state index contributed by atoms with van der Waals surface area (Å²) in [5.41, 5.74) is -1.28. The Labute approximate surface area is 103 Å². The highest BCUT2D eigenvalue weighted by atomic mass is 16.4. The quantitative estimate of drug-likeness (QED) is 0.726. The molecule has 0 spiro atoms. The van der Waals surface area contributed by atoms with Crippen molar-refractivity contribution in [3.05, 3.63) is 12.2 Å². The number of carboxylic acids is 1. The molecule has 0 saturated carbocycles. The van der Waals surface area contributed by atoms with Crippen molar-refractivity contribution >= 4 is 11.9 Å². The highest BCUT2D eigenvalue weighted by molar-refractivity contribution is 5.92. The Hall–Kier alpha value is -1.32. The summed E-state index contributed by atoms with van der Waals surface area (Å²) in [4.78, 5) is 22.7. The van der Waals surface area contributed by atoms with Crippen LogP contribution in [0.5, 0.6) is 0 Å². The Morgan fingerprint density at radius 2 is 1.76 bits per heavy atom. The highest BCUT2D eigenvalue weighted by Gasteiger charge is 2.33. The van der Waals surface area contributed by atoms with E-state index in [1.54, 1.807) is 6.08 Å². The number of hydrogen-bond acceptors (Lipinski definition) is 2. The van der Waals surface area contributed by atoms with Gasteiger partial charge in [0.2, 0.25) is 5.91 Å². The fourth-order valence-electron chi connectivity index (χ4n) is 1.36. The zero-order valence-electron chi connectivity index (χ0n) is 11.3. The molecule has 2 N–H and O–H groups in total. The zero-order chi connectivity index (χ0) is 13.7. The third kappa shape index (κ3) is 6.09. The van der Waals surface area contributed by atoms with Crippen LogP contribution in [0, 0.1) is 5.41 Å². The lowest BCUT2D eigenvalue weighted by Crippen LogP contribution is -2.51. The van der Waals surface area contributed by atoms with Crippen LogP contribution in [0.15, 0.2) is 12.2 Å². The molecule has 0 fully saturated rings. The van der Waals surface area contributed by atoms with Crippen molar-refractivity contribution in [3.8, 4) is 0 Å². The van der Waals surface area contributed by atoms with E-state index >= 15 is 0 Å². The summed E-state index contributed by atoms with van der Waals surface area (Å²) in [6.07, 6.45) is 4.27. The standard InChI is InChI=1S/C13H23NO3/c1-6-8-13(5,11(16)17)14-10(15)7-9-12(2,3)4/h7,9H,6,8H2,1-5H3,(H,14,15)(H,16,17)/b9-7+. The van der Waals surface area contributed by atoms with E-state index in [1.807, 2.05) is 27.7 Å². The molecule has 0 aromatic heterocycles. The molecule has 0 aliphatic rings. The number of carbonyl (C=O) groups is 2. The number of nitrogens with one attached hydrogen (secondary N) is 1. The molecule has 4 heteroatoms. The van der Waals surface area contributed by atoms with Crippen LogP contribution in [0.4, 0.5) is 0 Å². The molecule has 0 aromatic carbocycles. The second-order valence-corrected chi connectivity index (χ2v) is 5.58. The van der Waals surface area contributed by atoms with E-state index < -0.39 is 11.5 Å². The summed E-state index contributed by atoms with van der Waals surface area (Å²) in [6.45, 7) is 9.33. The largest absolute Gasteiger partial charge is 0.480 e. The van der Waals surface area contributed by atoms with Crippen molar-refractivity contribution in [2.45, 2.75) is 53.0 Å². The molecule has 0 heterocycles. The van der Waals surface area contributed by atoms with Gasteiger partial charge in [0.1, 0.15) is 5.54 Å². The van der Waals surface area contributed by atoms with Gasteiger partial charge in [-0.25, -0.2) is 4.79 Å². The van der Waals surface area contributed by atoms with Crippen LogP contribution in [-0.2, 0) is 9.59 Å². The monoisotopic (exact) mass is 241 g/mol. The molecular formula is C13H23NO3. The van der Waals surface area contributed by atoms with Gasteiger partial charge in [0.15, 0.2) is 0 Å². The zero-order valence-corrected chi connectivity index (χ0v) is 11.3. The third-order valence-corrected chi connectivity index (χ3v) is 2.36. The molecule has 17 heavy (non-hydrogen) atoms. The van der Waals surface area contributed by atoms with Gasteiger partial charge in [-0.1, -0.05) is 40.2 Å². The predicted molar refractivity (Wildman–Crippen MR) is 67.7 cm³/mol. The lowest BCUT2D eigenvalue weighted by Gasteiger charge is -2.25.